The van der Waals surface area contributed by atoms with Crippen molar-refractivity contribution >= 4 is 34.8 Å². The van der Waals surface area contributed by atoms with Crippen LogP contribution in [0.5, 0.6) is 0 Å². The van der Waals surface area contributed by atoms with E-state index in [2.05, 4.69) is 10.6 Å². The third-order valence-corrected chi connectivity index (χ3v) is 7.72. The highest BCUT2D eigenvalue weighted by Crippen LogP contribution is 2.36. The van der Waals surface area contributed by atoms with E-state index in [1.54, 1.807) is 23.1 Å². The lowest BCUT2D eigenvalue weighted by Gasteiger charge is -2.23. The Hall–Kier alpha value is -5.49. The number of hydrogen-bond donors (Lipinski definition) is 2. The summed E-state index contributed by atoms with van der Waals surface area (Å²) in [6.45, 7) is 2.46. The fraction of sp³-hybridized carbons (Fsp3) is 0.108. The van der Waals surface area contributed by atoms with Crippen LogP contribution in [0, 0.1) is 6.92 Å². The summed E-state index contributed by atoms with van der Waals surface area (Å²) >= 11 is 0. The van der Waals surface area contributed by atoms with E-state index in [4.69, 9.17) is 0 Å². The minimum Gasteiger partial charge on any atom is -0.322 e. The largest absolute Gasteiger partial charge is 0.322 e. The number of nitrogens with zero attached hydrogens (tertiary/aromatic N) is 1. The molecule has 0 saturated carbocycles. The van der Waals surface area contributed by atoms with Gasteiger partial charge >= 0.3 is 0 Å². The summed E-state index contributed by atoms with van der Waals surface area (Å²) in [7, 11) is 0. The van der Waals surface area contributed by atoms with Gasteiger partial charge in [-0.05, 0) is 65.4 Å². The molecule has 5 aromatic carbocycles. The second-order valence-electron chi connectivity index (χ2n) is 10.6. The monoisotopic (exact) mass is 565 g/mol. The average Bonchev–Trinajstić information content (AvgIpc) is 3.48. The highest BCUT2D eigenvalue weighted by Gasteiger charge is 2.26. The van der Waals surface area contributed by atoms with Crippen molar-refractivity contribution < 1.29 is 14.4 Å². The fourth-order valence-corrected chi connectivity index (χ4v) is 5.53. The molecule has 1 aliphatic heterocycles. The van der Waals surface area contributed by atoms with E-state index in [9.17, 15) is 14.4 Å². The van der Waals surface area contributed by atoms with Gasteiger partial charge in [0, 0.05) is 29.8 Å². The summed E-state index contributed by atoms with van der Waals surface area (Å²) in [5.74, 6) is -0.560. The van der Waals surface area contributed by atoms with E-state index in [1.807, 2.05) is 110 Å². The zero-order valence-corrected chi connectivity index (χ0v) is 23.8. The Kier molecular flexibility index (Phi) is 7.83. The van der Waals surface area contributed by atoms with Gasteiger partial charge in [0.15, 0.2) is 0 Å². The summed E-state index contributed by atoms with van der Waals surface area (Å²) in [6.07, 6.45) is 1.20. The molecule has 0 spiro atoms. The van der Waals surface area contributed by atoms with E-state index < -0.39 is 0 Å². The maximum atomic E-state index is 13.8. The molecule has 3 amide bonds. The summed E-state index contributed by atoms with van der Waals surface area (Å²) in [4.78, 5) is 42.0. The van der Waals surface area contributed by atoms with Gasteiger partial charge in [0.25, 0.3) is 11.8 Å². The van der Waals surface area contributed by atoms with Crippen LogP contribution in [0.1, 0.15) is 39.1 Å². The van der Waals surface area contributed by atoms with Crippen molar-refractivity contribution in [3.05, 3.63) is 138 Å². The quantitative estimate of drug-likeness (QED) is 0.210. The van der Waals surface area contributed by atoms with Crippen molar-refractivity contribution in [2.24, 2.45) is 0 Å². The van der Waals surface area contributed by atoms with Gasteiger partial charge in [-0.3, -0.25) is 14.4 Å². The second-order valence-corrected chi connectivity index (χ2v) is 10.6. The Morgan fingerprint density at radius 3 is 1.63 bits per heavy atom. The van der Waals surface area contributed by atoms with Crippen molar-refractivity contribution in [3.8, 4) is 22.3 Å². The lowest BCUT2D eigenvalue weighted by molar-refractivity contribution is -0.117. The van der Waals surface area contributed by atoms with Crippen molar-refractivity contribution in [2.75, 3.05) is 22.1 Å². The SMILES string of the molecule is Cc1cc(N2CCCC2=O)c(NC(=O)c2ccccc2-c2ccccc2)cc1NC(=O)c1ccccc1-c1ccccc1. The predicted octanol–water partition coefficient (Wildman–Crippen LogP) is 7.96. The minimum atomic E-state index is -0.303. The molecule has 1 saturated heterocycles. The third-order valence-electron chi connectivity index (χ3n) is 7.72. The molecule has 1 aliphatic rings. The molecule has 0 atom stereocenters. The molecule has 5 aromatic rings. The molecule has 0 radical (unpaired) electrons. The van der Waals surface area contributed by atoms with Crippen molar-refractivity contribution in [3.63, 3.8) is 0 Å². The van der Waals surface area contributed by atoms with Crippen LogP contribution >= 0.6 is 0 Å². The molecule has 43 heavy (non-hydrogen) atoms. The zero-order chi connectivity index (χ0) is 29.8. The number of carbonyl (C=O) groups is 3. The molecule has 212 valence electrons. The van der Waals surface area contributed by atoms with E-state index >= 15 is 0 Å². The smallest absolute Gasteiger partial charge is 0.256 e. The first kappa shape index (κ1) is 27.7. The van der Waals surface area contributed by atoms with Crippen LogP contribution in [0.2, 0.25) is 0 Å². The number of amides is 3. The van der Waals surface area contributed by atoms with Crippen LogP contribution in [-0.2, 0) is 4.79 Å². The first-order chi connectivity index (χ1) is 21.0. The maximum Gasteiger partial charge on any atom is 0.256 e. The number of benzene rings is 5. The topological polar surface area (TPSA) is 78.5 Å². The molecule has 1 heterocycles. The van der Waals surface area contributed by atoms with Gasteiger partial charge in [-0.1, -0.05) is 97.1 Å². The Labute approximate surface area is 251 Å². The summed E-state index contributed by atoms with van der Waals surface area (Å²) in [5.41, 5.74) is 6.95. The van der Waals surface area contributed by atoms with Gasteiger partial charge in [0.05, 0.1) is 11.4 Å². The van der Waals surface area contributed by atoms with Gasteiger partial charge in [-0.15, -0.1) is 0 Å². The first-order valence-electron chi connectivity index (χ1n) is 14.4. The van der Waals surface area contributed by atoms with Crippen molar-refractivity contribution in [1.82, 2.24) is 0 Å². The van der Waals surface area contributed by atoms with Gasteiger partial charge in [0.2, 0.25) is 5.91 Å². The van der Waals surface area contributed by atoms with Crippen LogP contribution in [0.3, 0.4) is 0 Å². The molecule has 0 bridgehead atoms. The number of hydrogen-bond acceptors (Lipinski definition) is 3. The van der Waals surface area contributed by atoms with Gasteiger partial charge in [-0.2, -0.15) is 0 Å². The molecule has 6 heteroatoms. The third kappa shape index (κ3) is 5.81. The van der Waals surface area contributed by atoms with Crippen molar-refractivity contribution in [2.45, 2.75) is 19.8 Å². The molecule has 0 aromatic heterocycles. The maximum absolute atomic E-state index is 13.8. The molecular formula is C37H31N3O3. The predicted molar refractivity (Wildman–Crippen MR) is 172 cm³/mol. The fourth-order valence-electron chi connectivity index (χ4n) is 5.53. The number of rotatable bonds is 7. The lowest BCUT2D eigenvalue weighted by atomic mass is 9.98. The van der Waals surface area contributed by atoms with Gasteiger partial charge in [0.1, 0.15) is 0 Å². The summed E-state index contributed by atoms with van der Waals surface area (Å²) in [5, 5.41) is 6.13. The minimum absolute atomic E-state index is 0.00755. The molecule has 2 N–H and O–H groups in total. The highest BCUT2D eigenvalue weighted by atomic mass is 16.2. The number of nitrogens with one attached hydrogen (secondary N) is 2. The van der Waals surface area contributed by atoms with Crippen LogP contribution in [0.15, 0.2) is 121 Å². The van der Waals surface area contributed by atoms with Crippen LogP contribution < -0.4 is 15.5 Å². The Balaban J connectivity index is 1.36. The second kappa shape index (κ2) is 12.2. The number of aryl methyl sites for hydroxylation is 1. The molecule has 0 unspecified atom stereocenters. The number of carbonyl (C=O) groups excluding carboxylic acids is 3. The Morgan fingerprint density at radius 1 is 0.628 bits per heavy atom. The van der Waals surface area contributed by atoms with Crippen molar-refractivity contribution in [1.29, 1.82) is 0 Å². The molecule has 6 nitrogen and oxygen atoms in total. The Bertz CT molecular complexity index is 1820. The normalized spacial score (nSPS) is 12.7. The van der Waals surface area contributed by atoms with E-state index in [0.717, 1.165) is 34.2 Å². The summed E-state index contributed by atoms with van der Waals surface area (Å²) < 4.78 is 0. The van der Waals surface area contributed by atoms with Crippen LogP contribution in [-0.4, -0.2) is 24.3 Å². The van der Waals surface area contributed by atoms with Gasteiger partial charge in [-0.25, -0.2) is 0 Å². The van der Waals surface area contributed by atoms with E-state index in [0.29, 0.717) is 41.2 Å². The van der Waals surface area contributed by atoms with E-state index in [-0.39, 0.29) is 17.7 Å². The molecule has 1 fully saturated rings. The first-order valence-corrected chi connectivity index (χ1v) is 14.4. The lowest BCUT2D eigenvalue weighted by Crippen LogP contribution is -2.26. The number of anilines is 3. The van der Waals surface area contributed by atoms with Crippen LogP contribution in [0.4, 0.5) is 17.1 Å². The average molecular weight is 566 g/mol. The Morgan fingerprint density at radius 2 is 1.12 bits per heavy atom. The molecule has 0 aliphatic carbocycles. The van der Waals surface area contributed by atoms with E-state index in [1.165, 1.54) is 0 Å². The standard InChI is InChI=1S/C37H31N3O3/c1-25-23-34(40-22-12-21-35(40)41)33(39-37(43)31-20-11-9-18-29(31)27-15-6-3-7-16-27)24-32(25)38-36(42)30-19-10-8-17-28(30)26-13-4-2-5-14-26/h2-11,13-20,23-24H,12,21-22H2,1H3,(H,38,42)(H,39,43). The van der Waals surface area contributed by atoms with Gasteiger partial charge < -0.3 is 15.5 Å². The zero-order valence-electron chi connectivity index (χ0n) is 23.8. The van der Waals surface area contributed by atoms with Crippen LogP contribution in [0.25, 0.3) is 22.3 Å². The molecular weight excluding hydrogens is 534 g/mol. The summed E-state index contributed by atoms with van der Waals surface area (Å²) in [6, 6.07) is 38.0. The molecule has 6 rings (SSSR count). The highest BCUT2D eigenvalue weighted by molar-refractivity contribution is 6.13.